The van der Waals surface area contributed by atoms with E-state index in [2.05, 4.69) is 145 Å². The van der Waals surface area contributed by atoms with E-state index in [9.17, 15) is 5.11 Å². The first-order chi connectivity index (χ1) is 30.1. The number of aromatic hydroxyl groups is 1. The molecule has 0 saturated heterocycles. The van der Waals surface area contributed by atoms with Crippen molar-refractivity contribution in [3.05, 3.63) is 205 Å². The number of para-hydroxylation sites is 1. The summed E-state index contributed by atoms with van der Waals surface area (Å²) in [6.45, 7) is 0.215. The minimum Gasteiger partial charge on any atom is -0.506 e. The van der Waals surface area contributed by atoms with Gasteiger partial charge in [-0.05, 0) is 118 Å². The van der Waals surface area contributed by atoms with Gasteiger partial charge in [-0.25, -0.2) is 5.48 Å². The van der Waals surface area contributed by atoms with Crippen molar-refractivity contribution in [2.75, 3.05) is 17.4 Å². The van der Waals surface area contributed by atoms with Crippen molar-refractivity contribution in [1.82, 2.24) is 0 Å². The molecule has 0 bridgehead atoms. The Morgan fingerprint density at radius 2 is 1.16 bits per heavy atom. The van der Waals surface area contributed by atoms with Crippen LogP contribution in [0.4, 0.5) is 39.8 Å². The van der Waals surface area contributed by atoms with Crippen LogP contribution < -0.4 is 10.4 Å². The average molecular weight is 800 g/mol. The first kappa shape index (κ1) is 39.5. The lowest BCUT2D eigenvalue weighted by Gasteiger charge is -2.25. The Balaban J connectivity index is 0.824. The standard InChI is InChI=1S/C51H41N7O3/c1-52-54-43-24-26-44(27-25-43)55-56-51-49-32-18-39(34-42(49)21-33-50(51)59)35-60-53-36-61-57-45-22-14-37(15-23-45)12-13-38-16-28-47(29-17-38)58(46-10-6-3-7-11-46)48-30-19-41(20-31-48)40-8-4-2-5-9-40/h2-34,36,57,59H,35H2,1H3/b13-12?,53-36+,54-52?,56-55?. The van der Waals surface area contributed by atoms with Crippen molar-refractivity contribution in [1.29, 1.82) is 0 Å². The number of azo groups is 2. The second-order valence-electron chi connectivity index (χ2n) is 13.8. The van der Waals surface area contributed by atoms with Gasteiger partial charge in [0.15, 0.2) is 0 Å². The number of oxime groups is 1. The number of phenolic OH excluding ortho intramolecular Hbond substituents is 1. The van der Waals surface area contributed by atoms with Crippen molar-refractivity contribution in [2.24, 2.45) is 25.6 Å². The molecule has 0 heterocycles. The van der Waals surface area contributed by atoms with Crippen LogP contribution >= 0.6 is 0 Å². The molecule has 10 nitrogen and oxygen atoms in total. The van der Waals surface area contributed by atoms with Gasteiger partial charge in [0.25, 0.3) is 0 Å². The van der Waals surface area contributed by atoms with E-state index in [1.54, 1.807) is 37.4 Å². The van der Waals surface area contributed by atoms with Crippen LogP contribution in [0.2, 0.25) is 0 Å². The summed E-state index contributed by atoms with van der Waals surface area (Å²) in [6.07, 6.45) is 5.38. The molecule has 0 aromatic heterocycles. The molecular weight excluding hydrogens is 759 g/mol. The summed E-state index contributed by atoms with van der Waals surface area (Å²) in [5.74, 6) is 0.0345. The second kappa shape index (κ2) is 19.4. The highest BCUT2D eigenvalue weighted by molar-refractivity contribution is 5.95. The number of anilines is 4. The smallest absolute Gasteiger partial charge is 0.245 e. The molecule has 61 heavy (non-hydrogen) atoms. The summed E-state index contributed by atoms with van der Waals surface area (Å²) in [6, 6.07) is 62.2. The summed E-state index contributed by atoms with van der Waals surface area (Å²) in [4.78, 5) is 13.1. The summed E-state index contributed by atoms with van der Waals surface area (Å²) in [5.41, 5.74) is 14.0. The Labute approximate surface area is 354 Å². The van der Waals surface area contributed by atoms with Gasteiger partial charge in [0.05, 0.1) is 17.1 Å². The van der Waals surface area contributed by atoms with Crippen molar-refractivity contribution in [2.45, 2.75) is 6.61 Å². The minimum absolute atomic E-state index is 0.0345. The number of hydrogen-bond donors (Lipinski definition) is 2. The molecular formula is C51H41N7O3. The fourth-order valence-corrected chi connectivity index (χ4v) is 6.66. The topological polar surface area (TPSA) is 116 Å². The van der Waals surface area contributed by atoms with Gasteiger partial charge >= 0.3 is 0 Å². The lowest BCUT2D eigenvalue weighted by Crippen LogP contribution is -2.09. The number of hydrogen-bond acceptors (Lipinski definition) is 10. The zero-order chi connectivity index (χ0) is 41.6. The molecule has 8 rings (SSSR count). The van der Waals surface area contributed by atoms with Gasteiger partial charge in [0.1, 0.15) is 18.0 Å². The van der Waals surface area contributed by atoms with Crippen LogP contribution in [0.5, 0.6) is 5.75 Å². The first-order valence-electron chi connectivity index (χ1n) is 19.6. The summed E-state index contributed by atoms with van der Waals surface area (Å²) in [5, 5.41) is 32.4. The predicted molar refractivity (Wildman–Crippen MR) is 247 cm³/mol. The fourth-order valence-electron chi connectivity index (χ4n) is 6.66. The van der Waals surface area contributed by atoms with Crippen LogP contribution in [0.3, 0.4) is 0 Å². The Hall–Kier alpha value is -8.37. The van der Waals surface area contributed by atoms with Crippen LogP contribution in [-0.2, 0) is 16.3 Å². The van der Waals surface area contributed by atoms with E-state index in [1.165, 1.54) is 17.5 Å². The Morgan fingerprint density at radius 3 is 1.84 bits per heavy atom. The average Bonchev–Trinajstić information content (AvgIpc) is 3.31. The molecule has 2 N–H and O–H groups in total. The summed E-state index contributed by atoms with van der Waals surface area (Å²) in [7, 11) is 1.61. The Kier molecular flexibility index (Phi) is 12.5. The molecule has 298 valence electrons. The molecule has 8 aromatic rings. The van der Waals surface area contributed by atoms with E-state index in [1.807, 2.05) is 60.7 Å². The molecule has 0 atom stereocenters. The van der Waals surface area contributed by atoms with E-state index in [0.29, 0.717) is 11.4 Å². The summed E-state index contributed by atoms with van der Waals surface area (Å²) >= 11 is 0. The maximum Gasteiger partial charge on any atom is 0.245 e. The molecule has 0 amide bonds. The highest BCUT2D eigenvalue weighted by Crippen LogP contribution is 2.38. The largest absolute Gasteiger partial charge is 0.506 e. The molecule has 0 radical (unpaired) electrons. The van der Waals surface area contributed by atoms with Crippen molar-refractivity contribution in [3.63, 3.8) is 0 Å². The van der Waals surface area contributed by atoms with Gasteiger partial charge in [0.2, 0.25) is 6.40 Å². The van der Waals surface area contributed by atoms with Crippen molar-refractivity contribution >= 4 is 69.1 Å². The first-order valence-corrected chi connectivity index (χ1v) is 19.6. The maximum atomic E-state index is 10.5. The van der Waals surface area contributed by atoms with Gasteiger partial charge in [0, 0.05) is 29.5 Å². The third-order valence-electron chi connectivity index (χ3n) is 9.72. The van der Waals surface area contributed by atoms with Crippen LogP contribution in [0.1, 0.15) is 16.7 Å². The molecule has 8 aromatic carbocycles. The van der Waals surface area contributed by atoms with E-state index < -0.39 is 0 Å². The van der Waals surface area contributed by atoms with Gasteiger partial charge < -0.3 is 19.7 Å². The van der Waals surface area contributed by atoms with E-state index >= 15 is 0 Å². The van der Waals surface area contributed by atoms with Gasteiger partial charge in [-0.1, -0.05) is 120 Å². The SMILES string of the molecule is CN=Nc1ccc(N=Nc2c(O)ccc3cc(CO/N=C/ONc4ccc(C=Cc5ccc(N(c6ccccc6)c6ccc(-c7ccccc7)cc6)cc5)cc4)ccc23)cc1. The van der Waals surface area contributed by atoms with E-state index in [0.717, 1.165) is 55.9 Å². The minimum atomic E-state index is 0.0345. The lowest BCUT2D eigenvalue weighted by atomic mass is 10.0. The molecule has 0 fully saturated rings. The second-order valence-corrected chi connectivity index (χ2v) is 13.8. The zero-order valence-electron chi connectivity index (χ0n) is 33.3. The zero-order valence-corrected chi connectivity index (χ0v) is 33.3. The fraction of sp³-hybridized carbons (Fsp3) is 0.0392. The summed E-state index contributed by atoms with van der Waals surface area (Å²) < 4.78 is 0. The molecule has 0 spiro atoms. The number of nitrogens with zero attached hydrogens (tertiary/aromatic N) is 6. The Morgan fingerprint density at radius 1 is 0.574 bits per heavy atom. The number of benzene rings is 8. The Bertz CT molecular complexity index is 2790. The van der Waals surface area contributed by atoms with Crippen LogP contribution in [0.25, 0.3) is 34.1 Å². The van der Waals surface area contributed by atoms with Crippen LogP contribution in [0, 0.1) is 0 Å². The third kappa shape index (κ3) is 10.2. The van der Waals surface area contributed by atoms with Crippen molar-refractivity contribution in [3.8, 4) is 16.9 Å². The molecule has 10 heteroatoms. The van der Waals surface area contributed by atoms with Gasteiger partial charge in [-0.3, -0.25) is 0 Å². The molecule has 0 saturated carbocycles. The van der Waals surface area contributed by atoms with Gasteiger partial charge in [-0.2, -0.15) is 15.3 Å². The van der Waals surface area contributed by atoms with Crippen LogP contribution in [0.15, 0.2) is 214 Å². The molecule has 0 unspecified atom stereocenters. The monoisotopic (exact) mass is 799 g/mol. The predicted octanol–water partition coefficient (Wildman–Crippen LogP) is 14.5. The van der Waals surface area contributed by atoms with Crippen molar-refractivity contribution < 1.29 is 14.8 Å². The number of nitrogens with one attached hydrogen (secondary N) is 1. The molecule has 0 aliphatic heterocycles. The number of rotatable bonds is 15. The molecule has 0 aliphatic carbocycles. The third-order valence-corrected chi connectivity index (χ3v) is 9.72. The number of phenols is 1. The highest BCUT2D eigenvalue weighted by atomic mass is 16.7. The van der Waals surface area contributed by atoms with E-state index in [4.69, 9.17) is 9.68 Å². The quantitative estimate of drug-likeness (QED) is 0.0352. The van der Waals surface area contributed by atoms with Gasteiger partial charge in [-0.15, -0.1) is 5.11 Å². The maximum absolute atomic E-state index is 10.5. The number of fused-ring (bicyclic) bond motifs is 1. The normalized spacial score (nSPS) is 11.6. The molecule has 0 aliphatic rings. The highest BCUT2D eigenvalue weighted by Gasteiger charge is 2.13. The lowest BCUT2D eigenvalue weighted by molar-refractivity contribution is 0.125. The van der Waals surface area contributed by atoms with Crippen LogP contribution in [-0.4, -0.2) is 18.6 Å². The van der Waals surface area contributed by atoms with E-state index in [-0.39, 0.29) is 12.4 Å².